The zero-order valence-corrected chi connectivity index (χ0v) is 12.5. The van der Waals surface area contributed by atoms with E-state index in [1.165, 1.54) is 19.3 Å². The zero-order valence-electron chi connectivity index (χ0n) is 11.7. The number of anilines is 1. The van der Waals surface area contributed by atoms with Gasteiger partial charge in [0.05, 0.1) is 0 Å². The minimum Gasteiger partial charge on any atom is -0.346 e. The molecule has 5 nitrogen and oxygen atoms in total. The second-order valence-electron chi connectivity index (χ2n) is 5.70. The Kier molecular flexibility index (Phi) is 4.40. The van der Waals surface area contributed by atoms with Gasteiger partial charge in [0.2, 0.25) is 0 Å². The molecule has 0 bridgehead atoms. The van der Waals surface area contributed by atoms with Crippen LogP contribution in [0.1, 0.15) is 38.5 Å². The minimum absolute atomic E-state index is 0.00267. The van der Waals surface area contributed by atoms with Crippen LogP contribution in [0.5, 0.6) is 0 Å². The number of nitrogens with one attached hydrogen (secondary N) is 2. The summed E-state index contributed by atoms with van der Waals surface area (Å²) >= 11 is 1.66. The largest absolute Gasteiger partial charge is 0.346 e. The monoisotopic (exact) mass is 294 g/mol. The summed E-state index contributed by atoms with van der Waals surface area (Å²) in [6.07, 6.45) is 8.88. The van der Waals surface area contributed by atoms with Crippen molar-refractivity contribution >= 4 is 22.5 Å². The number of nitrogens with zero attached hydrogens (tertiary/aromatic N) is 2. The van der Waals surface area contributed by atoms with E-state index in [1.807, 2.05) is 11.6 Å². The predicted molar refractivity (Wildman–Crippen MR) is 81.3 cm³/mol. The van der Waals surface area contributed by atoms with E-state index in [9.17, 15) is 4.79 Å². The summed E-state index contributed by atoms with van der Waals surface area (Å²) in [5.74, 6) is 0. The molecular weight excluding hydrogens is 272 g/mol. The Morgan fingerprint density at radius 2 is 2.00 bits per heavy atom. The van der Waals surface area contributed by atoms with Gasteiger partial charge in [0.25, 0.3) is 0 Å². The van der Waals surface area contributed by atoms with Crippen LogP contribution in [0, 0.1) is 0 Å². The van der Waals surface area contributed by atoms with E-state index in [0.29, 0.717) is 6.04 Å². The molecule has 1 aliphatic carbocycles. The van der Waals surface area contributed by atoms with Crippen molar-refractivity contribution in [2.75, 3.05) is 18.0 Å². The van der Waals surface area contributed by atoms with Gasteiger partial charge in [-0.1, -0.05) is 19.3 Å². The molecule has 2 amide bonds. The first kappa shape index (κ1) is 13.7. The van der Waals surface area contributed by atoms with Gasteiger partial charge in [-0.3, -0.25) is 0 Å². The molecule has 3 rings (SSSR count). The normalized spacial score (nSPS) is 23.8. The lowest BCUT2D eigenvalue weighted by atomic mass is 9.96. The van der Waals surface area contributed by atoms with Crippen molar-refractivity contribution in [3.8, 4) is 0 Å². The standard InChI is InChI=1S/C14H22N4OS/c19-13(16-11-4-2-1-3-5-11)17-12-6-8-18(10-12)14-15-7-9-20-14/h7,9,11-12H,1-6,8,10H2,(H2,16,17,19)/t12-/m0/s1. The molecule has 2 fully saturated rings. The summed E-state index contributed by atoms with van der Waals surface area (Å²) in [6, 6.07) is 0.616. The Morgan fingerprint density at radius 3 is 2.75 bits per heavy atom. The molecular formula is C14H22N4OS. The van der Waals surface area contributed by atoms with E-state index in [1.54, 1.807) is 11.3 Å². The maximum Gasteiger partial charge on any atom is 0.315 e. The number of carbonyl (C=O) groups excluding carboxylic acids is 1. The van der Waals surface area contributed by atoms with Crippen molar-refractivity contribution in [1.29, 1.82) is 0 Å². The molecule has 0 radical (unpaired) electrons. The van der Waals surface area contributed by atoms with Crippen LogP contribution in [0.25, 0.3) is 0 Å². The SMILES string of the molecule is O=C(NC1CCCCC1)N[C@H]1CCN(c2nccs2)C1. The summed E-state index contributed by atoms with van der Waals surface area (Å²) in [7, 11) is 0. The van der Waals surface area contributed by atoms with Crippen LogP contribution in [-0.4, -0.2) is 36.2 Å². The van der Waals surface area contributed by atoms with Crippen molar-refractivity contribution in [3.63, 3.8) is 0 Å². The molecule has 110 valence electrons. The second kappa shape index (κ2) is 6.43. The van der Waals surface area contributed by atoms with Crippen LogP contribution >= 0.6 is 11.3 Å². The van der Waals surface area contributed by atoms with Crippen LogP contribution in [-0.2, 0) is 0 Å². The first-order valence-corrected chi connectivity index (χ1v) is 8.41. The molecule has 1 aromatic heterocycles. The Hall–Kier alpha value is -1.30. The molecule has 0 aromatic carbocycles. The van der Waals surface area contributed by atoms with Gasteiger partial charge >= 0.3 is 6.03 Å². The number of thiazole rings is 1. The zero-order chi connectivity index (χ0) is 13.8. The highest BCUT2D eigenvalue weighted by atomic mass is 32.1. The molecule has 0 spiro atoms. The summed E-state index contributed by atoms with van der Waals surface area (Å²) in [5, 5.41) is 9.27. The average molecular weight is 294 g/mol. The molecule has 1 saturated heterocycles. The van der Waals surface area contributed by atoms with Gasteiger partial charge in [-0.15, -0.1) is 11.3 Å². The van der Waals surface area contributed by atoms with Gasteiger partial charge in [-0.2, -0.15) is 0 Å². The van der Waals surface area contributed by atoms with Crippen molar-refractivity contribution < 1.29 is 4.79 Å². The average Bonchev–Trinajstić information content (AvgIpc) is 3.10. The first-order valence-electron chi connectivity index (χ1n) is 7.53. The van der Waals surface area contributed by atoms with E-state index in [0.717, 1.165) is 37.5 Å². The number of hydrogen-bond acceptors (Lipinski definition) is 4. The summed E-state index contributed by atoms with van der Waals surface area (Å²) in [4.78, 5) is 18.6. The Bertz CT molecular complexity index is 430. The highest BCUT2D eigenvalue weighted by Crippen LogP contribution is 2.22. The Morgan fingerprint density at radius 1 is 1.20 bits per heavy atom. The molecule has 6 heteroatoms. The summed E-state index contributed by atoms with van der Waals surface area (Å²) < 4.78 is 0. The number of amides is 2. The molecule has 2 heterocycles. The van der Waals surface area contributed by atoms with Crippen molar-refractivity contribution in [3.05, 3.63) is 11.6 Å². The van der Waals surface area contributed by atoms with Gasteiger partial charge in [0, 0.05) is 36.8 Å². The minimum atomic E-state index is 0.00267. The molecule has 1 aromatic rings. The third kappa shape index (κ3) is 3.42. The topological polar surface area (TPSA) is 57.3 Å². The second-order valence-corrected chi connectivity index (χ2v) is 6.57. The summed E-state index contributed by atoms with van der Waals surface area (Å²) in [6.45, 7) is 1.84. The fourth-order valence-corrected chi connectivity index (χ4v) is 3.76. The van der Waals surface area contributed by atoms with E-state index in [2.05, 4.69) is 20.5 Å². The lowest BCUT2D eigenvalue weighted by molar-refractivity contribution is 0.229. The Labute approximate surface area is 123 Å². The van der Waals surface area contributed by atoms with Gasteiger partial charge in [0.15, 0.2) is 5.13 Å². The third-order valence-corrected chi connectivity index (χ3v) is 4.99. The number of urea groups is 1. The smallest absolute Gasteiger partial charge is 0.315 e. The van der Waals surface area contributed by atoms with Crippen LogP contribution in [0.15, 0.2) is 11.6 Å². The van der Waals surface area contributed by atoms with Crippen LogP contribution in [0.3, 0.4) is 0 Å². The number of rotatable bonds is 3. The van der Waals surface area contributed by atoms with Gasteiger partial charge in [0.1, 0.15) is 0 Å². The van der Waals surface area contributed by atoms with Gasteiger partial charge in [-0.25, -0.2) is 9.78 Å². The molecule has 20 heavy (non-hydrogen) atoms. The van der Waals surface area contributed by atoms with Gasteiger partial charge in [-0.05, 0) is 19.3 Å². The van der Waals surface area contributed by atoms with E-state index < -0.39 is 0 Å². The van der Waals surface area contributed by atoms with Crippen LogP contribution in [0.2, 0.25) is 0 Å². The summed E-state index contributed by atoms with van der Waals surface area (Å²) in [5.41, 5.74) is 0. The van der Waals surface area contributed by atoms with Crippen LogP contribution in [0.4, 0.5) is 9.93 Å². The third-order valence-electron chi connectivity index (χ3n) is 4.15. The molecule has 0 unspecified atom stereocenters. The lowest BCUT2D eigenvalue weighted by Gasteiger charge is -2.24. The highest BCUT2D eigenvalue weighted by molar-refractivity contribution is 7.13. The van der Waals surface area contributed by atoms with Crippen molar-refractivity contribution in [2.24, 2.45) is 0 Å². The molecule has 2 aliphatic rings. The molecule has 2 N–H and O–H groups in total. The first-order chi connectivity index (χ1) is 9.81. The maximum absolute atomic E-state index is 12.0. The number of carbonyl (C=O) groups is 1. The van der Waals surface area contributed by atoms with Gasteiger partial charge < -0.3 is 15.5 Å². The van der Waals surface area contributed by atoms with E-state index >= 15 is 0 Å². The lowest BCUT2D eigenvalue weighted by Crippen LogP contribution is -2.47. The van der Waals surface area contributed by atoms with E-state index in [4.69, 9.17) is 0 Å². The van der Waals surface area contributed by atoms with E-state index in [-0.39, 0.29) is 12.1 Å². The fraction of sp³-hybridized carbons (Fsp3) is 0.714. The fourth-order valence-electron chi connectivity index (χ4n) is 3.08. The molecule has 1 aliphatic heterocycles. The van der Waals surface area contributed by atoms with Crippen molar-refractivity contribution in [2.45, 2.75) is 50.6 Å². The molecule has 1 atom stereocenters. The Balaban J connectivity index is 1.43. The van der Waals surface area contributed by atoms with Crippen LogP contribution < -0.4 is 15.5 Å². The maximum atomic E-state index is 12.0. The number of aromatic nitrogens is 1. The molecule has 1 saturated carbocycles. The highest BCUT2D eigenvalue weighted by Gasteiger charge is 2.26. The number of hydrogen-bond donors (Lipinski definition) is 2. The predicted octanol–water partition coefficient (Wildman–Crippen LogP) is 2.35. The van der Waals surface area contributed by atoms with Crippen molar-refractivity contribution in [1.82, 2.24) is 15.6 Å². The quantitative estimate of drug-likeness (QED) is 0.899.